The quantitative estimate of drug-likeness (QED) is 0.708. The highest BCUT2D eigenvalue weighted by Gasteiger charge is 2.13. The number of hydrogen-bond donors (Lipinski definition) is 0. The lowest BCUT2D eigenvalue weighted by Gasteiger charge is -2.28. The Hall–Kier alpha value is -1.93. The van der Waals surface area contributed by atoms with Crippen molar-refractivity contribution in [1.82, 2.24) is 0 Å². The van der Waals surface area contributed by atoms with E-state index in [1.54, 1.807) is 12.1 Å². The minimum atomic E-state index is 0.200. The number of hydrogen-bond acceptors (Lipinski definition) is 5. The van der Waals surface area contributed by atoms with Crippen molar-refractivity contribution in [3.05, 3.63) is 28.7 Å². The topological polar surface area (TPSA) is 65.7 Å². The van der Waals surface area contributed by atoms with Gasteiger partial charge in [0.25, 0.3) is 0 Å². The SMILES string of the molecule is N#Cc1ccc(N2CCOCC2)cc1N=O. The summed E-state index contributed by atoms with van der Waals surface area (Å²) >= 11 is 0. The minimum absolute atomic E-state index is 0.200. The van der Waals surface area contributed by atoms with Gasteiger partial charge >= 0.3 is 0 Å². The van der Waals surface area contributed by atoms with Crippen molar-refractivity contribution < 1.29 is 4.74 Å². The largest absolute Gasteiger partial charge is 0.378 e. The molecule has 1 aliphatic heterocycles. The zero-order valence-corrected chi connectivity index (χ0v) is 8.72. The fourth-order valence-electron chi connectivity index (χ4n) is 1.71. The van der Waals surface area contributed by atoms with Crippen molar-refractivity contribution in [2.75, 3.05) is 31.2 Å². The van der Waals surface area contributed by atoms with Crippen LogP contribution < -0.4 is 4.90 Å². The molecule has 0 unspecified atom stereocenters. The van der Waals surface area contributed by atoms with E-state index in [1.165, 1.54) is 0 Å². The molecule has 1 saturated heterocycles. The third-order valence-electron chi connectivity index (χ3n) is 2.58. The predicted molar refractivity (Wildman–Crippen MR) is 59.6 cm³/mol. The Morgan fingerprint density at radius 1 is 1.38 bits per heavy atom. The third kappa shape index (κ3) is 2.02. The smallest absolute Gasteiger partial charge is 0.127 e. The molecule has 0 N–H and O–H groups in total. The number of nitrogens with zero attached hydrogens (tertiary/aromatic N) is 3. The molecule has 0 spiro atoms. The van der Waals surface area contributed by atoms with E-state index in [0.717, 1.165) is 18.8 Å². The molecule has 1 fully saturated rings. The Kier molecular flexibility index (Phi) is 3.13. The summed E-state index contributed by atoms with van der Waals surface area (Å²) in [5.41, 5.74) is 1.43. The minimum Gasteiger partial charge on any atom is -0.378 e. The monoisotopic (exact) mass is 217 g/mol. The van der Waals surface area contributed by atoms with Crippen molar-refractivity contribution in [3.8, 4) is 6.07 Å². The Balaban J connectivity index is 2.28. The Morgan fingerprint density at radius 3 is 2.75 bits per heavy atom. The second-order valence-corrected chi connectivity index (χ2v) is 3.50. The molecule has 0 aromatic heterocycles. The summed E-state index contributed by atoms with van der Waals surface area (Å²) < 4.78 is 5.24. The number of nitroso groups, excluding NO2 is 1. The molecule has 1 aliphatic rings. The fraction of sp³-hybridized carbons (Fsp3) is 0.364. The second kappa shape index (κ2) is 4.73. The first-order chi connectivity index (χ1) is 7.85. The van der Waals surface area contributed by atoms with E-state index < -0.39 is 0 Å². The number of morpholine rings is 1. The van der Waals surface area contributed by atoms with Gasteiger partial charge in [0, 0.05) is 18.8 Å². The van der Waals surface area contributed by atoms with E-state index in [1.807, 2.05) is 12.1 Å². The molecule has 0 saturated carbocycles. The first-order valence-corrected chi connectivity index (χ1v) is 5.05. The van der Waals surface area contributed by atoms with Crippen LogP contribution in [-0.2, 0) is 4.74 Å². The van der Waals surface area contributed by atoms with Crippen molar-refractivity contribution in [3.63, 3.8) is 0 Å². The molecular formula is C11H11N3O2. The predicted octanol–water partition coefficient (Wildman–Crippen LogP) is 1.79. The van der Waals surface area contributed by atoms with Crippen LogP contribution in [0.1, 0.15) is 5.56 Å². The van der Waals surface area contributed by atoms with E-state index in [9.17, 15) is 4.91 Å². The van der Waals surface area contributed by atoms with Crippen molar-refractivity contribution >= 4 is 11.4 Å². The lowest BCUT2D eigenvalue weighted by atomic mass is 10.1. The number of benzene rings is 1. The van der Waals surface area contributed by atoms with Crippen LogP contribution in [0.4, 0.5) is 11.4 Å². The van der Waals surface area contributed by atoms with Crippen LogP contribution in [0.25, 0.3) is 0 Å². The van der Waals surface area contributed by atoms with E-state index in [2.05, 4.69) is 10.1 Å². The van der Waals surface area contributed by atoms with Crippen LogP contribution in [0.15, 0.2) is 23.4 Å². The third-order valence-corrected chi connectivity index (χ3v) is 2.58. The van der Waals surface area contributed by atoms with Gasteiger partial charge in [-0.25, -0.2) is 0 Å². The van der Waals surface area contributed by atoms with Crippen molar-refractivity contribution in [2.24, 2.45) is 5.18 Å². The summed E-state index contributed by atoms with van der Waals surface area (Å²) in [4.78, 5) is 12.7. The fourth-order valence-corrected chi connectivity index (χ4v) is 1.71. The molecule has 0 bridgehead atoms. The zero-order chi connectivity index (χ0) is 11.4. The molecule has 0 amide bonds. The van der Waals surface area contributed by atoms with Crippen LogP contribution in [0.3, 0.4) is 0 Å². The summed E-state index contributed by atoms with van der Waals surface area (Å²) in [6.45, 7) is 2.96. The molecule has 82 valence electrons. The number of anilines is 1. The molecule has 1 heterocycles. The van der Waals surface area contributed by atoms with Gasteiger partial charge in [0.2, 0.25) is 0 Å². The maximum absolute atomic E-state index is 10.6. The molecular weight excluding hydrogens is 206 g/mol. The van der Waals surface area contributed by atoms with Gasteiger partial charge in [-0.1, -0.05) is 0 Å². The van der Waals surface area contributed by atoms with Gasteiger partial charge in [0.1, 0.15) is 11.8 Å². The van der Waals surface area contributed by atoms with Gasteiger partial charge in [-0.3, -0.25) is 0 Å². The molecule has 0 aliphatic carbocycles. The molecule has 0 atom stereocenters. The van der Waals surface area contributed by atoms with Gasteiger partial charge in [-0.05, 0) is 23.4 Å². The Bertz CT molecular complexity index is 433. The summed E-state index contributed by atoms with van der Waals surface area (Å²) in [6.07, 6.45) is 0. The number of ether oxygens (including phenoxy) is 1. The lowest BCUT2D eigenvalue weighted by molar-refractivity contribution is 0.122. The summed E-state index contributed by atoms with van der Waals surface area (Å²) in [7, 11) is 0. The number of nitriles is 1. The van der Waals surface area contributed by atoms with Crippen molar-refractivity contribution in [1.29, 1.82) is 5.26 Å². The average molecular weight is 217 g/mol. The van der Waals surface area contributed by atoms with Crippen LogP contribution >= 0.6 is 0 Å². The Morgan fingerprint density at radius 2 is 2.12 bits per heavy atom. The Labute approximate surface area is 93.2 Å². The van der Waals surface area contributed by atoms with Crippen LogP contribution in [0.5, 0.6) is 0 Å². The molecule has 1 aromatic carbocycles. The lowest BCUT2D eigenvalue weighted by Crippen LogP contribution is -2.36. The highest BCUT2D eigenvalue weighted by Crippen LogP contribution is 2.25. The van der Waals surface area contributed by atoms with Gasteiger partial charge in [-0.2, -0.15) is 5.26 Å². The van der Waals surface area contributed by atoms with E-state index in [0.29, 0.717) is 18.8 Å². The first kappa shape index (κ1) is 10.6. The molecule has 0 radical (unpaired) electrons. The average Bonchev–Trinajstić information content (AvgIpc) is 2.39. The van der Waals surface area contributed by atoms with Crippen LogP contribution in [0.2, 0.25) is 0 Å². The highest BCUT2D eigenvalue weighted by molar-refractivity contribution is 5.63. The standard InChI is InChI=1S/C11H11N3O2/c12-8-9-1-2-10(7-11(9)13-15)14-3-5-16-6-4-14/h1-2,7H,3-6H2. The van der Waals surface area contributed by atoms with Gasteiger partial charge in [0.15, 0.2) is 0 Å². The second-order valence-electron chi connectivity index (χ2n) is 3.50. The maximum atomic E-state index is 10.6. The van der Waals surface area contributed by atoms with E-state index in [4.69, 9.17) is 10.00 Å². The normalized spacial score (nSPS) is 15.6. The van der Waals surface area contributed by atoms with Crippen LogP contribution in [-0.4, -0.2) is 26.3 Å². The van der Waals surface area contributed by atoms with Gasteiger partial charge < -0.3 is 9.64 Å². The number of rotatable bonds is 2. The molecule has 2 rings (SSSR count). The van der Waals surface area contributed by atoms with Crippen molar-refractivity contribution in [2.45, 2.75) is 0 Å². The highest BCUT2D eigenvalue weighted by atomic mass is 16.5. The summed E-state index contributed by atoms with van der Waals surface area (Å²) in [6, 6.07) is 7.05. The summed E-state index contributed by atoms with van der Waals surface area (Å²) in [5.74, 6) is 0. The molecule has 5 heteroatoms. The molecule has 1 aromatic rings. The van der Waals surface area contributed by atoms with E-state index >= 15 is 0 Å². The van der Waals surface area contributed by atoms with E-state index in [-0.39, 0.29) is 5.69 Å². The van der Waals surface area contributed by atoms with Gasteiger partial charge in [-0.15, -0.1) is 4.91 Å². The molecule has 5 nitrogen and oxygen atoms in total. The maximum Gasteiger partial charge on any atom is 0.127 e. The first-order valence-electron chi connectivity index (χ1n) is 5.05. The zero-order valence-electron chi connectivity index (χ0n) is 8.72. The molecule has 16 heavy (non-hydrogen) atoms. The summed E-state index contributed by atoms with van der Waals surface area (Å²) in [5, 5.41) is 11.6. The van der Waals surface area contributed by atoms with Gasteiger partial charge in [0.05, 0.1) is 18.8 Å². The van der Waals surface area contributed by atoms with Crippen LogP contribution in [0, 0.1) is 16.2 Å².